The van der Waals surface area contributed by atoms with Crippen LogP contribution in [0.25, 0.3) is 0 Å². The van der Waals surface area contributed by atoms with Gasteiger partial charge in [0.2, 0.25) is 12.6 Å². The Hall–Kier alpha value is -8.10. The van der Waals surface area contributed by atoms with E-state index in [-0.39, 0.29) is 66.1 Å². The van der Waals surface area contributed by atoms with Crippen LogP contribution in [0.1, 0.15) is 44.5 Å². The second-order valence-corrected chi connectivity index (χ2v) is 21.1. The van der Waals surface area contributed by atoms with E-state index < -0.39 is 79.5 Å². The van der Waals surface area contributed by atoms with Gasteiger partial charge in [-0.05, 0) is 44.5 Å². The molecule has 8 aromatic carbocycles. The first-order valence-electron chi connectivity index (χ1n) is 29.3. The fourth-order valence-corrected chi connectivity index (χ4v) is 10.3. The van der Waals surface area contributed by atoms with Crippen LogP contribution < -0.4 is 9.47 Å². The lowest BCUT2D eigenvalue weighted by atomic mass is 9.97. The molecule has 10 atom stereocenters. The predicted octanol–water partition coefficient (Wildman–Crippen LogP) is 12.2. The summed E-state index contributed by atoms with van der Waals surface area (Å²) < 4.78 is 97.7. The van der Waals surface area contributed by atoms with Crippen molar-refractivity contribution >= 4 is 0 Å². The van der Waals surface area contributed by atoms with E-state index >= 15 is 4.39 Å². The van der Waals surface area contributed by atoms with E-state index in [0.29, 0.717) is 0 Å². The fraction of sp³-hybridized carbons (Fsp3) is 0.282. The Labute approximate surface area is 506 Å². The number of benzene rings is 8. The molecule has 0 radical (unpaired) electrons. The monoisotopic (exact) mass is 1180 g/mol. The van der Waals surface area contributed by atoms with Gasteiger partial charge in [-0.25, -0.2) is 0 Å². The van der Waals surface area contributed by atoms with Gasteiger partial charge in [0.1, 0.15) is 48.8 Å². The van der Waals surface area contributed by atoms with Crippen LogP contribution in [-0.2, 0) is 100 Å². The molecule has 2 fully saturated rings. The maximum atomic E-state index is 16.4. The molecular formula is C71H70FN3O12. The summed E-state index contributed by atoms with van der Waals surface area (Å²) in [5.74, 6) is 0. The number of halogens is 1. The Morgan fingerprint density at radius 3 is 0.770 bits per heavy atom. The molecule has 0 N–H and O–H groups in total. The summed E-state index contributed by atoms with van der Waals surface area (Å²) in [5.41, 5.74) is 7.34. The Bertz CT molecular complexity index is 3160. The van der Waals surface area contributed by atoms with Crippen molar-refractivity contribution in [2.24, 2.45) is 0 Å². The highest BCUT2D eigenvalue weighted by molar-refractivity contribution is 5.20. The van der Waals surface area contributed by atoms with Gasteiger partial charge in [-0.15, -0.1) is 15.0 Å². The van der Waals surface area contributed by atoms with Gasteiger partial charge in [0.25, 0.3) is 0 Å². The zero-order chi connectivity index (χ0) is 59.1. The largest absolute Gasteiger partial charge is 0.430 e. The lowest BCUT2D eigenvalue weighted by Crippen LogP contribution is -2.62. The van der Waals surface area contributed by atoms with Gasteiger partial charge >= 0.3 is 18.1 Å². The van der Waals surface area contributed by atoms with E-state index in [1.165, 1.54) is 0 Å². The van der Waals surface area contributed by atoms with E-state index in [2.05, 4.69) is 15.0 Å². The summed E-state index contributed by atoms with van der Waals surface area (Å²) in [6.07, 6.45) is -11.1. The highest BCUT2D eigenvalue weighted by Gasteiger charge is 2.52. The maximum absolute atomic E-state index is 16.4. The molecule has 1 aromatic heterocycles. The minimum Gasteiger partial charge on any atom is -0.430 e. The Balaban J connectivity index is 0.934. The average Bonchev–Trinajstić information content (AvgIpc) is 2.10. The Morgan fingerprint density at radius 1 is 0.276 bits per heavy atom. The number of aromatic nitrogens is 3. The summed E-state index contributed by atoms with van der Waals surface area (Å²) in [5, 5.41) is 0. The topological polar surface area (TPSA) is 149 Å². The van der Waals surface area contributed by atoms with E-state index in [4.69, 9.17) is 56.8 Å². The van der Waals surface area contributed by atoms with Gasteiger partial charge in [0.05, 0.1) is 66.1 Å². The van der Waals surface area contributed by atoms with Crippen molar-refractivity contribution in [3.05, 3.63) is 293 Å². The number of nitrogens with zero attached hydrogens (tertiary/aromatic N) is 3. The van der Waals surface area contributed by atoms with Gasteiger partial charge in [0, 0.05) is 0 Å². The summed E-state index contributed by atoms with van der Waals surface area (Å²) >= 11 is 0. The normalized spacial score (nSPS) is 21.9. The van der Waals surface area contributed by atoms with E-state index in [1.54, 1.807) is 0 Å². The highest BCUT2D eigenvalue weighted by Crippen LogP contribution is 2.35. The third kappa shape index (κ3) is 18.0. The van der Waals surface area contributed by atoms with E-state index in [0.717, 1.165) is 44.5 Å². The smallest absolute Gasteiger partial charge is 0.327 e. The third-order valence-electron chi connectivity index (χ3n) is 14.7. The first-order chi connectivity index (χ1) is 43.0. The van der Waals surface area contributed by atoms with Gasteiger partial charge in [-0.2, -0.15) is 4.39 Å². The van der Waals surface area contributed by atoms with E-state index in [1.807, 2.05) is 243 Å². The van der Waals surface area contributed by atoms with Crippen LogP contribution in [0, 0.1) is 6.08 Å². The summed E-state index contributed by atoms with van der Waals surface area (Å²) in [7, 11) is 0. The van der Waals surface area contributed by atoms with Crippen LogP contribution in [0.15, 0.2) is 243 Å². The summed E-state index contributed by atoms with van der Waals surface area (Å²) in [6.45, 7) is 1.62. The molecule has 0 aliphatic carbocycles. The molecule has 2 aliphatic heterocycles. The number of hydrogen-bond donors (Lipinski definition) is 0. The molecule has 2 saturated heterocycles. The van der Waals surface area contributed by atoms with Crippen LogP contribution >= 0.6 is 0 Å². The number of ether oxygens (including phenoxy) is 12. The molecule has 9 aromatic rings. The Kier molecular flexibility index (Phi) is 22.3. The molecular weight excluding hydrogens is 1110 g/mol. The third-order valence-corrected chi connectivity index (χ3v) is 14.7. The molecule has 448 valence electrons. The minimum absolute atomic E-state index is 0.0356. The van der Waals surface area contributed by atoms with Crippen molar-refractivity contribution in [1.82, 2.24) is 15.0 Å². The van der Waals surface area contributed by atoms with Crippen molar-refractivity contribution in [3.63, 3.8) is 0 Å². The van der Waals surface area contributed by atoms with Crippen LogP contribution in [0.4, 0.5) is 4.39 Å². The van der Waals surface area contributed by atoms with Crippen molar-refractivity contribution < 1.29 is 61.2 Å². The van der Waals surface area contributed by atoms with Crippen molar-refractivity contribution in [3.8, 4) is 12.0 Å². The molecule has 3 heterocycles. The second kappa shape index (κ2) is 32.0. The summed E-state index contributed by atoms with van der Waals surface area (Å²) in [6, 6.07) is 77.3. The quantitative estimate of drug-likeness (QED) is 0.0420. The number of rotatable bonds is 30. The van der Waals surface area contributed by atoms with Crippen LogP contribution in [0.3, 0.4) is 0 Å². The molecule has 87 heavy (non-hydrogen) atoms. The standard InChI is InChI=1S/C71H70FN3O12/c72-69-73-70(86-67-65(82-47-57-37-21-7-22-38-57)63(80-45-55-33-17-5-18-34-55)61(78-43-53-29-13-3-14-30-53)59(84-67)49-76-41-51-25-9-1-10-26-51)75-71(74-69)87-68-66(83-48-58-39-23-8-24-40-58)64(81-46-56-35-19-6-20-36-56)62(79-44-54-31-15-4-16-32-54)60(85-68)50-77-42-52-27-11-2-12-28-52/h1-40,59-68H,41-50H2/t59-,60-,61-,62-,63+,64+,65-,66-,67+,68+/m1/s1. The van der Waals surface area contributed by atoms with E-state index in [9.17, 15) is 0 Å². The molecule has 11 rings (SSSR count). The van der Waals surface area contributed by atoms with Crippen molar-refractivity contribution in [1.29, 1.82) is 0 Å². The van der Waals surface area contributed by atoms with Gasteiger partial charge in [-0.1, -0.05) is 243 Å². The molecule has 0 unspecified atom stereocenters. The zero-order valence-corrected chi connectivity index (χ0v) is 48.1. The molecule has 2 aliphatic rings. The minimum atomic E-state index is -1.36. The molecule has 0 saturated carbocycles. The summed E-state index contributed by atoms with van der Waals surface area (Å²) in [4.78, 5) is 12.8. The first kappa shape index (κ1) is 60.6. The molecule has 15 nitrogen and oxygen atoms in total. The maximum Gasteiger partial charge on any atom is 0.327 e. The van der Waals surface area contributed by atoms with Crippen molar-refractivity contribution in [2.45, 2.75) is 114 Å². The van der Waals surface area contributed by atoms with Crippen LogP contribution in [0.5, 0.6) is 12.0 Å². The SMILES string of the molecule is Fc1nc(O[C@@H]2O[C@H](COCc3ccccc3)[C@@H](OCc3ccccc3)[C@H](OCc3ccccc3)[C@H]2OCc2ccccc2)nc(O[C@@H]2O[C@H](COCc3ccccc3)[C@@H](OCc3ccccc3)[C@H](OCc3ccccc3)[C@H]2OCc2ccccc2)n1. The number of hydrogen-bond acceptors (Lipinski definition) is 15. The average molecular weight is 1180 g/mol. The molecule has 16 heteroatoms. The first-order valence-corrected chi connectivity index (χ1v) is 29.3. The fourth-order valence-electron chi connectivity index (χ4n) is 10.3. The zero-order valence-electron chi connectivity index (χ0n) is 48.1. The van der Waals surface area contributed by atoms with Crippen LogP contribution in [-0.4, -0.2) is 89.6 Å². The van der Waals surface area contributed by atoms with Crippen LogP contribution in [0.2, 0.25) is 0 Å². The lowest BCUT2D eigenvalue weighted by molar-refractivity contribution is -0.312. The van der Waals surface area contributed by atoms with Crippen molar-refractivity contribution in [2.75, 3.05) is 13.2 Å². The molecule has 0 amide bonds. The molecule has 0 spiro atoms. The Morgan fingerprint density at radius 2 is 0.506 bits per heavy atom. The highest BCUT2D eigenvalue weighted by atomic mass is 19.1. The second-order valence-electron chi connectivity index (χ2n) is 21.1. The van der Waals surface area contributed by atoms with Gasteiger partial charge in [0.15, 0.2) is 0 Å². The van der Waals surface area contributed by atoms with Gasteiger partial charge in [-0.3, -0.25) is 0 Å². The van der Waals surface area contributed by atoms with Gasteiger partial charge < -0.3 is 56.8 Å². The molecule has 0 bridgehead atoms. The lowest BCUT2D eigenvalue weighted by Gasteiger charge is -2.45. The predicted molar refractivity (Wildman–Crippen MR) is 321 cm³/mol.